The van der Waals surface area contributed by atoms with Crippen LogP contribution in [-0.4, -0.2) is 24.8 Å². The number of alkyl carbamates (subject to hydrolysis) is 1. The Morgan fingerprint density at radius 1 is 1.33 bits per heavy atom. The zero-order chi connectivity index (χ0) is 15.7. The van der Waals surface area contributed by atoms with Crippen molar-refractivity contribution in [3.05, 3.63) is 35.9 Å². The summed E-state index contributed by atoms with van der Waals surface area (Å²) in [5.74, 6) is 0.867. The zero-order valence-electron chi connectivity index (χ0n) is 13.3. The third-order valence-electron chi connectivity index (χ3n) is 2.46. The Balaban J connectivity index is 2.32. The van der Waals surface area contributed by atoms with Crippen LogP contribution in [0.2, 0.25) is 0 Å². The molecule has 21 heavy (non-hydrogen) atoms. The van der Waals surface area contributed by atoms with Crippen molar-refractivity contribution in [1.29, 1.82) is 0 Å². The van der Waals surface area contributed by atoms with Gasteiger partial charge in [0.1, 0.15) is 11.4 Å². The summed E-state index contributed by atoms with van der Waals surface area (Å²) >= 11 is 0. The van der Waals surface area contributed by atoms with Crippen LogP contribution in [-0.2, 0) is 4.74 Å². The summed E-state index contributed by atoms with van der Waals surface area (Å²) in [7, 11) is 0. The smallest absolute Gasteiger partial charge is 0.407 e. The van der Waals surface area contributed by atoms with Gasteiger partial charge in [-0.05, 0) is 51.8 Å². The maximum atomic E-state index is 11.4. The van der Waals surface area contributed by atoms with Crippen LogP contribution in [0.25, 0.3) is 6.08 Å². The van der Waals surface area contributed by atoms with Crippen LogP contribution in [0.5, 0.6) is 5.75 Å². The first kappa shape index (κ1) is 17.1. The molecular formula is C17H25NO3. The predicted molar refractivity (Wildman–Crippen MR) is 85.5 cm³/mol. The zero-order valence-corrected chi connectivity index (χ0v) is 13.3. The number of amides is 1. The first-order valence-corrected chi connectivity index (χ1v) is 7.27. The summed E-state index contributed by atoms with van der Waals surface area (Å²) in [6.07, 6.45) is 4.40. The van der Waals surface area contributed by atoms with Crippen molar-refractivity contribution in [3.63, 3.8) is 0 Å². The van der Waals surface area contributed by atoms with Gasteiger partial charge >= 0.3 is 6.09 Å². The molecule has 1 amide bonds. The van der Waals surface area contributed by atoms with Crippen LogP contribution in [0.3, 0.4) is 0 Å². The van der Waals surface area contributed by atoms with Gasteiger partial charge < -0.3 is 14.8 Å². The summed E-state index contributed by atoms with van der Waals surface area (Å²) in [4.78, 5) is 11.4. The van der Waals surface area contributed by atoms with Gasteiger partial charge in [0, 0.05) is 6.54 Å². The summed E-state index contributed by atoms with van der Waals surface area (Å²) in [5.41, 5.74) is 0.623. The Labute approximate surface area is 127 Å². The maximum Gasteiger partial charge on any atom is 0.407 e. The molecule has 1 N–H and O–H groups in total. The van der Waals surface area contributed by atoms with Crippen molar-refractivity contribution in [3.8, 4) is 5.75 Å². The van der Waals surface area contributed by atoms with Gasteiger partial charge in [-0.3, -0.25) is 0 Å². The van der Waals surface area contributed by atoms with Crippen LogP contribution in [0.1, 0.15) is 39.7 Å². The molecule has 0 aliphatic rings. The van der Waals surface area contributed by atoms with E-state index >= 15 is 0 Å². The van der Waals surface area contributed by atoms with Gasteiger partial charge in [-0.15, -0.1) is 0 Å². The molecule has 1 rings (SSSR count). The maximum absolute atomic E-state index is 11.4. The second kappa shape index (κ2) is 8.35. The number of carbonyl (C=O) groups is 1. The van der Waals surface area contributed by atoms with Crippen LogP contribution < -0.4 is 10.1 Å². The largest absolute Gasteiger partial charge is 0.494 e. The molecule has 0 spiro atoms. The van der Waals surface area contributed by atoms with Crippen molar-refractivity contribution >= 4 is 12.2 Å². The fraction of sp³-hybridized carbons (Fsp3) is 0.471. The minimum atomic E-state index is -0.459. The van der Waals surface area contributed by atoms with Crippen molar-refractivity contribution in [2.75, 3.05) is 13.2 Å². The number of carbonyl (C=O) groups excluding carboxylic acids is 1. The normalized spacial score (nSPS) is 11.4. The molecule has 1 aromatic rings. The second-order valence-corrected chi connectivity index (χ2v) is 5.63. The predicted octanol–water partition coefficient (Wildman–Crippen LogP) is 4.01. The lowest BCUT2D eigenvalue weighted by atomic mass is 10.2. The van der Waals surface area contributed by atoms with Gasteiger partial charge in [-0.1, -0.05) is 24.3 Å². The highest BCUT2D eigenvalue weighted by Gasteiger charge is 2.15. The van der Waals surface area contributed by atoms with Gasteiger partial charge in [0.15, 0.2) is 0 Å². The fourth-order valence-corrected chi connectivity index (χ4v) is 1.67. The third-order valence-corrected chi connectivity index (χ3v) is 2.46. The van der Waals surface area contributed by atoms with E-state index in [9.17, 15) is 4.79 Å². The highest BCUT2D eigenvalue weighted by atomic mass is 16.6. The highest BCUT2D eigenvalue weighted by Crippen LogP contribution is 2.14. The molecule has 0 fully saturated rings. The highest BCUT2D eigenvalue weighted by molar-refractivity contribution is 5.67. The first-order chi connectivity index (χ1) is 9.90. The Kier molecular flexibility index (Phi) is 6.79. The van der Waals surface area contributed by atoms with Crippen LogP contribution in [0.4, 0.5) is 4.79 Å². The summed E-state index contributed by atoms with van der Waals surface area (Å²) < 4.78 is 10.6. The molecule has 1 aromatic carbocycles. The lowest BCUT2D eigenvalue weighted by molar-refractivity contribution is 0.0529. The monoisotopic (exact) mass is 291 g/mol. The van der Waals surface area contributed by atoms with Crippen molar-refractivity contribution in [2.45, 2.75) is 39.7 Å². The minimum absolute atomic E-state index is 0.380. The Bertz CT molecular complexity index is 475. The molecule has 0 unspecified atom stereocenters. The third kappa shape index (κ3) is 8.02. The van der Waals surface area contributed by atoms with Gasteiger partial charge in [0.25, 0.3) is 0 Å². The molecule has 0 aliphatic heterocycles. The van der Waals surface area contributed by atoms with Crippen molar-refractivity contribution < 1.29 is 14.3 Å². The summed E-state index contributed by atoms with van der Waals surface area (Å²) in [6.45, 7) is 8.71. The second-order valence-electron chi connectivity index (χ2n) is 5.63. The molecule has 0 aliphatic carbocycles. The van der Waals surface area contributed by atoms with Gasteiger partial charge in [-0.25, -0.2) is 4.79 Å². The molecule has 0 saturated heterocycles. The van der Waals surface area contributed by atoms with E-state index in [-0.39, 0.29) is 6.09 Å². The number of benzene rings is 1. The number of hydrogen-bond acceptors (Lipinski definition) is 3. The van der Waals surface area contributed by atoms with Crippen LogP contribution in [0.15, 0.2) is 30.3 Å². The SMILES string of the molecule is CCOc1cccc(C=CCCNC(=O)OC(C)(C)C)c1. The van der Waals surface area contributed by atoms with E-state index in [1.807, 2.05) is 64.1 Å². The number of rotatable bonds is 6. The van der Waals surface area contributed by atoms with E-state index in [0.29, 0.717) is 13.2 Å². The lowest BCUT2D eigenvalue weighted by Crippen LogP contribution is -2.32. The standard InChI is InChI=1S/C17H25NO3/c1-5-20-15-11-8-10-14(13-15)9-6-7-12-18-16(19)21-17(2,3)4/h6,8-11,13H,5,7,12H2,1-4H3,(H,18,19). The lowest BCUT2D eigenvalue weighted by Gasteiger charge is -2.19. The average molecular weight is 291 g/mol. The molecule has 0 radical (unpaired) electrons. The Morgan fingerprint density at radius 2 is 2.10 bits per heavy atom. The van der Waals surface area contributed by atoms with E-state index in [1.165, 1.54) is 0 Å². The fourth-order valence-electron chi connectivity index (χ4n) is 1.67. The first-order valence-electron chi connectivity index (χ1n) is 7.27. The molecule has 4 heteroatoms. The molecule has 0 aromatic heterocycles. The number of nitrogens with one attached hydrogen (secondary N) is 1. The van der Waals surface area contributed by atoms with Crippen LogP contribution >= 0.6 is 0 Å². The molecule has 0 atom stereocenters. The summed E-state index contributed by atoms with van der Waals surface area (Å²) in [5, 5.41) is 2.72. The molecule has 0 heterocycles. The van der Waals surface area contributed by atoms with Crippen molar-refractivity contribution in [1.82, 2.24) is 5.32 Å². The van der Waals surface area contributed by atoms with E-state index in [1.54, 1.807) is 0 Å². The number of ether oxygens (including phenoxy) is 2. The molecule has 116 valence electrons. The van der Waals surface area contributed by atoms with Crippen molar-refractivity contribution in [2.24, 2.45) is 0 Å². The summed E-state index contributed by atoms with van der Waals surface area (Å²) in [6, 6.07) is 7.90. The van der Waals surface area contributed by atoms with Gasteiger partial charge in [0.2, 0.25) is 0 Å². The van der Waals surface area contributed by atoms with E-state index < -0.39 is 5.60 Å². The minimum Gasteiger partial charge on any atom is -0.494 e. The molecule has 4 nitrogen and oxygen atoms in total. The van der Waals surface area contributed by atoms with E-state index in [0.717, 1.165) is 17.7 Å². The van der Waals surface area contributed by atoms with Gasteiger partial charge in [0.05, 0.1) is 6.61 Å². The van der Waals surface area contributed by atoms with E-state index in [4.69, 9.17) is 9.47 Å². The molecule has 0 saturated carbocycles. The van der Waals surface area contributed by atoms with Gasteiger partial charge in [-0.2, -0.15) is 0 Å². The molecule has 0 bridgehead atoms. The quantitative estimate of drug-likeness (QED) is 0.805. The topological polar surface area (TPSA) is 47.6 Å². The molecular weight excluding hydrogens is 266 g/mol. The Hall–Kier alpha value is -1.97. The van der Waals surface area contributed by atoms with Crippen LogP contribution in [0, 0.1) is 0 Å². The average Bonchev–Trinajstić information content (AvgIpc) is 2.37. The Morgan fingerprint density at radius 3 is 2.76 bits per heavy atom. The number of hydrogen-bond donors (Lipinski definition) is 1. The van der Waals surface area contributed by atoms with E-state index in [2.05, 4.69) is 5.32 Å².